The summed E-state index contributed by atoms with van der Waals surface area (Å²) in [6.45, 7) is 0.425. The Balaban J connectivity index is 2.46. The first-order valence-electron chi connectivity index (χ1n) is 3.97. The Bertz CT molecular complexity index is 365. The van der Waals surface area contributed by atoms with Crippen molar-refractivity contribution in [3.8, 4) is 0 Å². The third-order valence-electron chi connectivity index (χ3n) is 2.17. The minimum Gasteiger partial charge on any atom is -0.465 e. The molecule has 3 nitrogen and oxygen atoms in total. The number of amides is 1. The van der Waals surface area contributed by atoms with Crippen LogP contribution in [-0.2, 0) is 6.42 Å². The van der Waals surface area contributed by atoms with Crippen LogP contribution >= 0.6 is 0 Å². The molecule has 0 atom stereocenters. The number of hydrogen-bond donors (Lipinski definition) is 1. The summed E-state index contributed by atoms with van der Waals surface area (Å²) in [5.41, 5.74) is 1.37. The summed E-state index contributed by atoms with van der Waals surface area (Å²) < 4.78 is 12.8. The van der Waals surface area contributed by atoms with Crippen LogP contribution in [0.25, 0.3) is 0 Å². The Morgan fingerprint density at radius 3 is 3.00 bits per heavy atom. The number of carboxylic acid groups (broad SMARTS) is 1. The molecular formula is C9H8FNO2. The van der Waals surface area contributed by atoms with E-state index in [1.165, 1.54) is 17.0 Å². The Kier molecular flexibility index (Phi) is 1.69. The molecule has 1 heterocycles. The monoisotopic (exact) mass is 181 g/mol. The highest BCUT2D eigenvalue weighted by atomic mass is 19.1. The number of benzene rings is 1. The summed E-state index contributed by atoms with van der Waals surface area (Å²) in [7, 11) is 0. The maximum atomic E-state index is 12.8. The van der Waals surface area contributed by atoms with Crippen LogP contribution in [0.1, 0.15) is 5.56 Å². The van der Waals surface area contributed by atoms with Crippen LogP contribution in [0, 0.1) is 5.82 Å². The molecule has 4 heteroatoms. The number of rotatable bonds is 0. The number of fused-ring (bicyclic) bond motifs is 1. The molecule has 1 aliphatic heterocycles. The van der Waals surface area contributed by atoms with Crippen molar-refractivity contribution < 1.29 is 14.3 Å². The van der Waals surface area contributed by atoms with Crippen molar-refractivity contribution >= 4 is 11.8 Å². The van der Waals surface area contributed by atoms with Gasteiger partial charge in [-0.25, -0.2) is 9.18 Å². The molecular weight excluding hydrogens is 173 g/mol. The molecule has 0 spiro atoms. The zero-order chi connectivity index (χ0) is 9.42. The molecule has 0 saturated heterocycles. The van der Waals surface area contributed by atoms with Crippen LogP contribution in [0.3, 0.4) is 0 Å². The molecule has 0 saturated carbocycles. The van der Waals surface area contributed by atoms with Crippen LogP contribution in [0.15, 0.2) is 18.2 Å². The van der Waals surface area contributed by atoms with Crippen LogP contribution in [0.4, 0.5) is 14.9 Å². The second-order valence-electron chi connectivity index (χ2n) is 2.96. The van der Waals surface area contributed by atoms with Gasteiger partial charge >= 0.3 is 6.09 Å². The second kappa shape index (κ2) is 2.73. The smallest absolute Gasteiger partial charge is 0.411 e. The van der Waals surface area contributed by atoms with E-state index in [2.05, 4.69) is 0 Å². The first-order valence-corrected chi connectivity index (χ1v) is 3.97. The fourth-order valence-corrected chi connectivity index (χ4v) is 1.55. The standard InChI is InChI=1S/C9H8FNO2/c10-7-2-1-6-3-4-11(9(12)13)8(6)5-7/h1-2,5H,3-4H2,(H,12,13). The van der Waals surface area contributed by atoms with Gasteiger partial charge in [-0.2, -0.15) is 0 Å². The Morgan fingerprint density at radius 2 is 2.31 bits per heavy atom. The van der Waals surface area contributed by atoms with E-state index in [1.807, 2.05) is 0 Å². The van der Waals surface area contributed by atoms with Gasteiger partial charge in [0.05, 0.1) is 5.69 Å². The summed E-state index contributed by atoms with van der Waals surface area (Å²) >= 11 is 0. The highest BCUT2D eigenvalue weighted by Crippen LogP contribution is 2.28. The van der Waals surface area contributed by atoms with Gasteiger partial charge in [-0.3, -0.25) is 4.90 Å². The quantitative estimate of drug-likeness (QED) is 0.663. The van der Waals surface area contributed by atoms with Gasteiger partial charge in [0, 0.05) is 6.54 Å². The van der Waals surface area contributed by atoms with Crippen molar-refractivity contribution in [2.75, 3.05) is 11.4 Å². The predicted molar refractivity (Wildman–Crippen MR) is 45.5 cm³/mol. The Labute approximate surface area is 74.4 Å². The van der Waals surface area contributed by atoms with E-state index in [0.29, 0.717) is 18.7 Å². The highest BCUT2D eigenvalue weighted by molar-refractivity contribution is 5.88. The molecule has 1 aromatic rings. The van der Waals surface area contributed by atoms with Gasteiger partial charge in [0.25, 0.3) is 0 Å². The summed E-state index contributed by atoms with van der Waals surface area (Å²) in [5.74, 6) is -0.396. The summed E-state index contributed by atoms with van der Waals surface area (Å²) in [5, 5.41) is 8.75. The average Bonchev–Trinajstić information content (AvgIpc) is 2.46. The van der Waals surface area contributed by atoms with Gasteiger partial charge in [0.15, 0.2) is 0 Å². The Morgan fingerprint density at radius 1 is 1.54 bits per heavy atom. The number of anilines is 1. The van der Waals surface area contributed by atoms with Crippen LogP contribution in [-0.4, -0.2) is 17.7 Å². The first kappa shape index (κ1) is 8.04. The number of carbonyl (C=O) groups is 1. The lowest BCUT2D eigenvalue weighted by Crippen LogP contribution is -2.26. The molecule has 1 aromatic carbocycles. The fraction of sp³-hybridized carbons (Fsp3) is 0.222. The van der Waals surface area contributed by atoms with Crippen molar-refractivity contribution in [1.29, 1.82) is 0 Å². The van der Waals surface area contributed by atoms with E-state index < -0.39 is 11.9 Å². The van der Waals surface area contributed by atoms with Gasteiger partial charge in [-0.1, -0.05) is 6.07 Å². The molecule has 1 aliphatic rings. The number of nitrogens with zero attached hydrogens (tertiary/aromatic N) is 1. The first-order chi connectivity index (χ1) is 6.18. The second-order valence-corrected chi connectivity index (χ2v) is 2.96. The van der Waals surface area contributed by atoms with E-state index >= 15 is 0 Å². The third kappa shape index (κ3) is 1.24. The lowest BCUT2D eigenvalue weighted by atomic mass is 10.2. The van der Waals surface area contributed by atoms with Gasteiger partial charge < -0.3 is 5.11 Å². The van der Waals surface area contributed by atoms with E-state index in [0.717, 1.165) is 5.56 Å². The van der Waals surface area contributed by atoms with Gasteiger partial charge in [0.2, 0.25) is 0 Å². The van der Waals surface area contributed by atoms with Crippen molar-refractivity contribution in [2.45, 2.75) is 6.42 Å². The summed E-state index contributed by atoms with van der Waals surface area (Å²) in [4.78, 5) is 11.8. The van der Waals surface area contributed by atoms with Crippen molar-refractivity contribution in [3.05, 3.63) is 29.6 Å². The number of halogens is 1. The zero-order valence-corrected chi connectivity index (χ0v) is 6.83. The van der Waals surface area contributed by atoms with Crippen LogP contribution < -0.4 is 4.90 Å². The minimum absolute atomic E-state index is 0.396. The molecule has 0 fully saturated rings. The fourth-order valence-electron chi connectivity index (χ4n) is 1.55. The Hall–Kier alpha value is -1.58. The third-order valence-corrected chi connectivity index (χ3v) is 2.17. The molecule has 0 radical (unpaired) electrons. The summed E-state index contributed by atoms with van der Waals surface area (Å²) in [6, 6.07) is 4.24. The maximum Gasteiger partial charge on any atom is 0.411 e. The molecule has 0 aliphatic carbocycles. The molecule has 0 unspecified atom stereocenters. The lowest BCUT2D eigenvalue weighted by molar-refractivity contribution is 0.202. The molecule has 0 bridgehead atoms. The largest absolute Gasteiger partial charge is 0.465 e. The van der Waals surface area contributed by atoms with E-state index in [9.17, 15) is 9.18 Å². The average molecular weight is 181 g/mol. The predicted octanol–water partition coefficient (Wildman–Crippen LogP) is 1.87. The topological polar surface area (TPSA) is 40.5 Å². The molecule has 68 valence electrons. The minimum atomic E-state index is -1.02. The van der Waals surface area contributed by atoms with Gasteiger partial charge in [-0.05, 0) is 24.1 Å². The molecule has 1 N–H and O–H groups in total. The van der Waals surface area contributed by atoms with E-state index in [-0.39, 0.29) is 0 Å². The molecule has 13 heavy (non-hydrogen) atoms. The van der Waals surface area contributed by atoms with Crippen LogP contribution in [0.2, 0.25) is 0 Å². The van der Waals surface area contributed by atoms with Crippen molar-refractivity contribution in [2.24, 2.45) is 0 Å². The van der Waals surface area contributed by atoms with Gasteiger partial charge in [-0.15, -0.1) is 0 Å². The van der Waals surface area contributed by atoms with E-state index in [4.69, 9.17) is 5.11 Å². The number of hydrogen-bond acceptors (Lipinski definition) is 1. The SMILES string of the molecule is O=C(O)N1CCc2ccc(F)cc21. The molecule has 1 amide bonds. The maximum absolute atomic E-state index is 12.8. The lowest BCUT2D eigenvalue weighted by Gasteiger charge is -2.11. The normalized spacial score (nSPS) is 14.4. The molecule has 2 rings (SSSR count). The zero-order valence-electron chi connectivity index (χ0n) is 6.83. The summed E-state index contributed by atoms with van der Waals surface area (Å²) in [6.07, 6.45) is -0.355. The van der Waals surface area contributed by atoms with Crippen LogP contribution in [0.5, 0.6) is 0 Å². The highest BCUT2D eigenvalue weighted by Gasteiger charge is 2.24. The van der Waals surface area contributed by atoms with E-state index in [1.54, 1.807) is 6.07 Å². The van der Waals surface area contributed by atoms with Crippen molar-refractivity contribution in [3.63, 3.8) is 0 Å². The van der Waals surface area contributed by atoms with Crippen molar-refractivity contribution in [1.82, 2.24) is 0 Å². The molecule has 0 aromatic heterocycles. The van der Waals surface area contributed by atoms with Gasteiger partial charge in [0.1, 0.15) is 5.82 Å².